The highest BCUT2D eigenvalue weighted by Gasteiger charge is 2.12. The number of benzene rings is 1. The Balaban J connectivity index is 1.99. The predicted octanol–water partition coefficient (Wildman–Crippen LogP) is 3.64. The molecule has 0 saturated heterocycles. The van der Waals surface area contributed by atoms with Crippen molar-refractivity contribution in [1.29, 1.82) is 0 Å². The van der Waals surface area contributed by atoms with Crippen molar-refractivity contribution >= 4 is 5.78 Å². The minimum atomic E-state index is 0.0450. The van der Waals surface area contributed by atoms with E-state index >= 15 is 0 Å². The van der Waals surface area contributed by atoms with Crippen LogP contribution in [-0.2, 0) is 6.54 Å². The zero-order valence-electron chi connectivity index (χ0n) is 11.6. The number of rotatable bonds is 5. The highest BCUT2D eigenvalue weighted by atomic mass is 16.3. The fourth-order valence-corrected chi connectivity index (χ4v) is 2.09. The van der Waals surface area contributed by atoms with Gasteiger partial charge in [-0.15, -0.1) is 0 Å². The van der Waals surface area contributed by atoms with Gasteiger partial charge in [-0.1, -0.05) is 30.3 Å². The predicted molar refractivity (Wildman–Crippen MR) is 75.1 cm³/mol. The molecular weight excluding hydrogens is 238 g/mol. The van der Waals surface area contributed by atoms with Gasteiger partial charge in [0.2, 0.25) is 0 Å². The molecular formula is C16H19NO2. The molecule has 0 bridgehead atoms. The number of carbonyl (C=O) groups excluding carboxylic acids is 1. The zero-order valence-corrected chi connectivity index (χ0v) is 11.6. The quantitative estimate of drug-likeness (QED) is 0.831. The lowest BCUT2D eigenvalue weighted by atomic mass is 10.1. The summed E-state index contributed by atoms with van der Waals surface area (Å²) in [6.45, 7) is 6.10. The van der Waals surface area contributed by atoms with Crippen LogP contribution in [0, 0.1) is 6.92 Å². The van der Waals surface area contributed by atoms with E-state index in [0.717, 1.165) is 5.76 Å². The summed E-state index contributed by atoms with van der Waals surface area (Å²) < 4.78 is 5.58. The fourth-order valence-electron chi connectivity index (χ4n) is 2.09. The molecule has 1 N–H and O–H groups in total. The van der Waals surface area contributed by atoms with Crippen LogP contribution in [-0.4, -0.2) is 5.78 Å². The van der Waals surface area contributed by atoms with Crippen LogP contribution < -0.4 is 5.32 Å². The topological polar surface area (TPSA) is 42.2 Å². The molecule has 0 aliphatic rings. The lowest BCUT2D eigenvalue weighted by molar-refractivity contribution is 0.101. The maximum Gasteiger partial charge on any atom is 0.163 e. The molecule has 2 aromatic rings. The Kier molecular flexibility index (Phi) is 4.17. The van der Waals surface area contributed by atoms with E-state index in [1.807, 2.05) is 31.2 Å². The van der Waals surface area contributed by atoms with Gasteiger partial charge in [-0.3, -0.25) is 4.79 Å². The van der Waals surface area contributed by atoms with Crippen molar-refractivity contribution in [3.05, 3.63) is 59.0 Å². The second kappa shape index (κ2) is 5.85. The van der Waals surface area contributed by atoms with E-state index in [-0.39, 0.29) is 11.8 Å². The molecule has 0 fully saturated rings. The summed E-state index contributed by atoms with van der Waals surface area (Å²) >= 11 is 0. The minimum absolute atomic E-state index is 0.0450. The molecule has 19 heavy (non-hydrogen) atoms. The van der Waals surface area contributed by atoms with Crippen LogP contribution in [0.4, 0.5) is 0 Å². The maximum atomic E-state index is 11.4. The smallest absolute Gasteiger partial charge is 0.163 e. The van der Waals surface area contributed by atoms with Gasteiger partial charge in [-0.2, -0.15) is 0 Å². The second-order valence-corrected chi connectivity index (χ2v) is 4.75. The highest BCUT2D eigenvalue weighted by molar-refractivity contribution is 5.95. The Morgan fingerprint density at radius 3 is 2.58 bits per heavy atom. The molecule has 0 unspecified atom stereocenters. The molecule has 1 aromatic heterocycles. The van der Waals surface area contributed by atoms with Crippen LogP contribution in [0.1, 0.15) is 47.3 Å². The van der Waals surface area contributed by atoms with E-state index in [4.69, 9.17) is 4.42 Å². The number of furan rings is 1. The Morgan fingerprint density at radius 2 is 2.00 bits per heavy atom. The van der Waals surface area contributed by atoms with Crippen LogP contribution in [0.15, 0.2) is 40.8 Å². The average Bonchev–Trinajstić information content (AvgIpc) is 2.78. The van der Waals surface area contributed by atoms with Crippen LogP contribution in [0.2, 0.25) is 0 Å². The van der Waals surface area contributed by atoms with Crippen molar-refractivity contribution in [2.45, 2.75) is 33.4 Å². The van der Waals surface area contributed by atoms with Crippen LogP contribution in [0.25, 0.3) is 0 Å². The van der Waals surface area contributed by atoms with Gasteiger partial charge in [-0.05, 0) is 32.4 Å². The number of carbonyl (C=O) groups is 1. The minimum Gasteiger partial charge on any atom is -0.464 e. The van der Waals surface area contributed by atoms with E-state index in [1.165, 1.54) is 5.56 Å². The van der Waals surface area contributed by atoms with Crippen LogP contribution >= 0.6 is 0 Å². The lowest BCUT2D eigenvalue weighted by Crippen LogP contribution is -2.17. The first-order valence-corrected chi connectivity index (χ1v) is 6.46. The van der Waals surface area contributed by atoms with Gasteiger partial charge in [0.15, 0.2) is 5.78 Å². The normalized spacial score (nSPS) is 12.4. The first-order chi connectivity index (χ1) is 9.08. The van der Waals surface area contributed by atoms with Gasteiger partial charge in [-0.25, -0.2) is 0 Å². The van der Waals surface area contributed by atoms with E-state index < -0.39 is 0 Å². The molecule has 0 spiro atoms. The summed E-state index contributed by atoms with van der Waals surface area (Å²) in [5.74, 6) is 1.53. The molecule has 1 heterocycles. The molecule has 1 aromatic carbocycles. The summed E-state index contributed by atoms with van der Waals surface area (Å²) in [4.78, 5) is 11.4. The molecule has 0 radical (unpaired) electrons. The summed E-state index contributed by atoms with van der Waals surface area (Å²) in [5.41, 5.74) is 1.90. The van der Waals surface area contributed by atoms with Gasteiger partial charge >= 0.3 is 0 Å². The van der Waals surface area contributed by atoms with E-state index in [2.05, 4.69) is 24.4 Å². The van der Waals surface area contributed by atoms with E-state index in [1.54, 1.807) is 6.92 Å². The Bertz CT molecular complexity index is 557. The van der Waals surface area contributed by atoms with Gasteiger partial charge < -0.3 is 9.73 Å². The van der Waals surface area contributed by atoms with Gasteiger partial charge in [0, 0.05) is 6.04 Å². The van der Waals surface area contributed by atoms with E-state index in [9.17, 15) is 4.79 Å². The summed E-state index contributed by atoms with van der Waals surface area (Å²) in [6.07, 6.45) is 0. The molecule has 0 aliphatic heterocycles. The number of nitrogens with one attached hydrogen (secondary N) is 1. The second-order valence-electron chi connectivity index (χ2n) is 4.75. The first-order valence-electron chi connectivity index (χ1n) is 6.46. The van der Waals surface area contributed by atoms with Gasteiger partial charge in [0.25, 0.3) is 0 Å². The summed E-state index contributed by atoms with van der Waals surface area (Å²) in [5, 5.41) is 3.39. The maximum absolute atomic E-state index is 11.4. The number of hydrogen-bond acceptors (Lipinski definition) is 3. The number of ketones is 1. The molecule has 2 rings (SSSR count). The van der Waals surface area contributed by atoms with Gasteiger partial charge in [0.1, 0.15) is 11.5 Å². The fraction of sp³-hybridized carbons (Fsp3) is 0.312. The molecule has 3 nitrogen and oxygen atoms in total. The standard InChI is InChI=1S/C16H19NO2/c1-11(14-7-5-4-6-8-14)17-10-15-9-16(12(2)18)13(3)19-15/h4-9,11,17H,10H2,1-3H3/t11-/m1/s1. The van der Waals surface area contributed by atoms with Crippen LogP contribution in [0.3, 0.4) is 0 Å². The third kappa shape index (κ3) is 3.32. The molecule has 0 aliphatic carbocycles. The zero-order chi connectivity index (χ0) is 13.8. The van der Waals surface area contributed by atoms with E-state index in [0.29, 0.717) is 17.9 Å². The third-order valence-electron chi connectivity index (χ3n) is 3.23. The SMILES string of the molecule is CC(=O)c1cc(CN[C@H](C)c2ccccc2)oc1C. The summed E-state index contributed by atoms with van der Waals surface area (Å²) in [7, 11) is 0. The number of Topliss-reactive ketones (excluding diaryl/α,β-unsaturated/α-hetero) is 1. The summed E-state index contributed by atoms with van der Waals surface area (Å²) in [6, 6.07) is 12.3. The Labute approximate surface area is 113 Å². The highest BCUT2D eigenvalue weighted by Crippen LogP contribution is 2.17. The van der Waals surface area contributed by atoms with Crippen molar-refractivity contribution in [1.82, 2.24) is 5.32 Å². The average molecular weight is 257 g/mol. The Morgan fingerprint density at radius 1 is 1.32 bits per heavy atom. The largest absolute Gasteiger partial charge is 0.464 e. The van der Waals surface area contributed by atoms with Crippen LogP contribution in [0.5, 0.6) is 0 Å². The van der Waals surface area contributed by atoms with Crippen molar-refractivity contribution in [3.8, 4) is 0 Å². The van der Waals surface area contributed by atoms with Crippen molar-refractivity contribution < 1.29 is 9.21 Å². The number of aryl methyl sites for hydroxylation is 1. The monoisotopic (exact) mass is 257 g/mol. The number of hydrogen-bond donors (Lipinski definition) is 1. The lowest BCUT2D eigenvalue weighted by Gasteiger charge is -2.12. The molecule has 100 valence electrons. The van der Waals surface area contributed by atoms with Gasteiger partial charge in [0.05, 0.1) is 12.1 Å². The van der Waals surface area contributed by atoms with Crippen molar-refractivity contribution in [2.75, 3.05) is 0 Å². The molecule has 0 saturated carbocycles. The van der Waals surface area contributed by atoms with Crippen molar-refractivity contribution in [2.24, 2.45) is 0 Å². The van der Waals surface area contributed by atoms with Crippen molar-refractivity contribution in [3.63, 3.8) is 0 Å². The first kappa shape index (κ1) is 13.6. The molecule has 3 heteroatoms. The molecule has 1 atom stereocenters. The third-order valence-corrected chi connectivity index (χ3v) is 3.23. The molecule has 0 amide bonds. The Hall–Kier alpha value is -1.87.